The van der Waals surface area contributed by atoms with E-state index >= 15 is 0 Å². The second-order valence-electron chi connectivity index (χ2n) is 11.1. The Hall–Kier alpha value is -6.07. The number of aryl methyl sites for hydroxylation is 1. The Bertz CT molecular complexity index is 1810. The Morgan fingerprint density at radius 3 is 2.06 bits per heavy atom. The molecular weight excluding hydrogens is 599 g/mol. The highest BCUT2D eigenvalue weighted by Crippen LogP contribution is 2.24. The van der Waals surface area contributed by atoms with E-state index in [1.54, 1.807) is 31.0 Å². The van der Waals surface area contributed by atoms with Crippen molar-refractivity contribution in [2.75, 3.05) is 5.73 Å². The number of rotatable bonds is 13. The summed E-state index contributed by atoms with van der Waals surface area (Å²) in [7, 11) is 0. The number of benzene rings is 2. The lowest BCUT2D eigenvalue weighted by Gasteiger charge is -2.09. The third kappa shape index (κ3) is 13.7. The standard InChI is InChI=1S/C38H44N4.C6H7N/c1-7-32(11-9-12-36(25-40)37-13-10-22-42-27-37)17-14-28(3)29(4)15-18-34-24-35(19-16-30(34)5)38(26-41)23-31(6)33(8-2)20-21-39;7-6-4-2-1-3-5-6/h7-10,12-27H,3-4,11,39-41H2,1-2,5-6H3;1-5H,7H2/b12-9-,17-14-,18-15-,21-20-,31-23+,32-7-,33-8+,36-25+,38-26+;. The second-order valence-corrected chi connectivity index (χ2v) is 11.1. The minimum atomic E-state index is 0.759. The van der Waals surface area contributed by atoms with E-state index in [1.165, 1.54) is 0 Å². The fourth-order valence-electron chi connectivity index (χ4n) is 4.55. The fourth-order valence-corrected chi connectivity index (χ4v) is 4.55. The van der Waals surface area contributed by atoms with Crippen LogP contribution in [0.15, 0.2) is 187 Å². The molecule has 0 aliphatic carbocycles. The monoisotopic (exact) mass is 649 g/mol. The van der Waals surface area contributed by atoms with Gasteiger partial charge in [-0.25, -0.2) is 0 Å². The molecule has 0 saturated heterocycles. The van der Waals surface area contributed by atoms with Gasteiger partial charge in [0, 0.05) is 36.0 Å². The molecule has 0 aliphatic heterocycles. The molecule has 0 fully saturated rings. The van der Waals surface area contributed by atoms with Crippen LogP contribution >= 0.6 is 0 Å². The van der Waals surface area contributed by atoms with Crippen LogP contribution in [0.2, 0.25) is 0 Å². The Labute approximate surface area is 293 Å². The number of pyridine rings is 1. The summed E-state index contributed by atoms with van der Waals surface area (Å²) in [6.07, 6.45) is 29.4. The highest BCUT2D eigenvalue weighted by atomic mass is 14.6. The normalized spacial score (nSPS) is 13.3. The molecule has 0 amide bonds. The first-order chi connectivity index (χ1) is 23.7. The number of anilines is 1. The molecule has 3 aromatic rings. The molecule has 0 spiro atoms. The average Bonchev–Trinajstić information content (AvgIpc) is 3.12. The number of hydrogen-bond donors (Lipinski definition) is 4. The first-order valence-corrected chi connectivity index (χ1v) is 16.1. The Balaban J connectivity index is 0.00000105. The third-order valence-electron chi connectivity index (χ3n) is 7.58. The van der Waals surface area contributed by atoms with Gasteiger partial charge < -0.3 is 22.9 Å². The van der Waals surface area contributed by atoms with Gasteiger partial charge in [-0.1, -0.05) is 98.2 Å². The predicted octanol–water partition coefficient (Wildman–Crippen LogP) is 9.90. The van der Waals surface area contributed by atoms with Gasteiger partial charge in [-0.3, -0.25) is 4.98 Å². The molecule has 0 aliphatic rings. The van der Waals surface area contributed by atoms with Crippen molar-refractivity contribution in [3.63, 3.8) is 0 Å². The van der Waals surface area contributed by atoms with Gasteiger partial charge >= 0.3 is 0 Å². The Kier molecular flexibility index (Phi) is 17.3. The van der Waals surface area contributed by atoms with Gasteiger partial charge in [0.15, 0.2) is 0 Å². The molecule has 252 valence electrons. The number of nitrogen functional groups attached to an aromatic ring is 1. The zero-order valence-electron chi connectivity index (χ0n) is 29.3. The van der Waals surface area contributed by atoms with Crippen LogP contribution < -0.4 is 22.9 Å². The summed E-state index contributed by atoms with van der Waals surface area (Å²) in [5.41, 5.74) is 34.7. The molecule has 0 atom stereocenters. The van der Waals surface area contributed by atoms with Gasteiger partial charge in [0.1, 0.15) is 0 Å². The van der Waals surface area contributed by atoms with Crippen molar-refractivity contribution in [2.24, 2.45) is 17.2 Å². The molecule has 5 nitrogen and oxygen atoms in total. The first-order valence-electron chi connectivity index (χ1n) is 16.1. The number of hydrogen-bond acceptors (Lipinski definition) is 5. The van der Waals surface area contributed by atoms with E-state index in [0.29, 0.717) is 0 Å². The average molecular weight is 650 g/mol. The molecular formula is C44H51N5. The van der Waals surface area contributed by atoms with Crippen LogP contribution in [0, 0.1) is 6.92 Å². The number of nitrogens with two attached hydrogens (primary N) is 4. The Morgan fingerprint density at radius 1 is 0.776 bits per heavy atom. The number of allylic oxidation sites excluding steroid dienone is 16. The summed E-state index contributed by atoms with van der Waals surface area (Å²) in [6, 6.07) is 19.7. The summed E-state index contributed by atoms with van der Waals surface area (Å²) >= 11 is 0. The maximum absolute atomic E-state index is 6.03. The van der Waals surface area contributed by atoms with E-state index in [0.717, 1.165) is 73.4 Å². The van der Waals surface area contributed by atoms with Crippen LogP contribution in [-0.2, 0) is 0 Å². The van der Waals surface area contributed by atoms with Gasteiger partial charge in [0.25, 0.3) is 0 Å². The van der Waals surface area contributed by atoms with Crippen molar-refractivity contribution >= 4 is 22.9 Å². The quantitative estimate of drug-likeness (QED) is 0.109. The molecule has 3 rings (SSSR count). The van der Waals surface area contributed by atoms with Gasteiger partial charge in [0.05, 0.1) is 0 Å². The van der Waals surface area contributed by atoms with Crippen LogP contribution in [0.25, 0.3) is 17.2 Å². The number of nitrogens with zero attached hydrogens (tertiary/aromatic N) is 1. The van der Waals surface area contributed by atoms with Crippen LogP contribution in [-0.4, -0.2) is 4.98 Å². The van der Waals surface area contributed by atoms with E-state index in [2.05, 4.69) is 73.6 Å². The van der Waals surface area contributed by atoms with E-state index < -0.39 is 0 Å². The third-order valence-corrected chi connectivity index (χ3v) is 7.58. The van der Waals surface area contributed by atoms with Crippen molar-refractivity contribution in [1.29, 1.82) is 0 Å². The lowest BCUT2D eigenvalue weighted by Crippen LogP contribution is -1.92. The zero-order chi connectivity index (χ0) is 36.0. The molecule has 49 heavy (non-hydrogen) atoms. The lowest BCUT2D eigenvalue weighted by atomic mass is 9.96. The van der Waals surface area contributed by atoms with Crippen molar-refractivity contribution in [3.05, 3.63) is 210 Å². The highest BCUT2D eigenvalue weighted by Gasteiger charge is 2.05. The number of para-hydroxylation sites is 1. The van der Waals surface area contributed by atoms with Gasteiger partial charge in [-0.05, 0) is 132 Å². The summed E-state index contributed by atoms with van der Waals surface area (Å²) in [4.78, 5) is 4.16. The van der Waals surface area contributed by atoms with E-state index in [-0.39, 0.29) is 0 Å². The minimum Gasteiger partial charge on any atom is -0.405 e. The summed E-state index contributed by atoms with van der Waals surface area (Å²) in [6.45, 7) is 16.6. The Morgan fingerprint density at radius 2 is 1.49 bits per heavy atom. The topological polar surface area (TPSA) is 117 Å². The van der Waals surface area contributed by atoms with Crippen LogP contribution in [0.5, 0.6) is 0 Å². The summed E-state index contributed by atoms with van der Waals surface area (Å²) < 4.78 is 0. The van der Waals surface area contributed by atoms with Crippen molar-refractivity contribution < 1.29 is 0 Å². The zero-order valence-corrected chi connectivity index (χ0v) is 29.3. The van der Waals surface area contributed by atoms with Gasteiger partial charge in [-0.15, -0.1) is 0 Å². The van der Waals surface area contributed by atoms with E-state index in [1.807, 2.05) is 93.6 Å². The fraction of sp³-hybridized carbons (Fsp3) is 0.114. The molecule has 0 radical (unpaired) electrons. The largest absolute Gasteiger partial charge is 0.405 e. The molecule has 5 heteroatoms. The van der Waals surface area contributed by atoms with Crippen molar-refractivity contribution in [1.82, 2.24) is 4.98 Å². The first kappa shape index (κ1) is 39.1. The molecule has 2 aromatic carbocycles. The van der Waals surface area contributed by atoms with E-state index in [9.17, 15) is 0 Å². The number of aromatic nitrogens is 1. The maximum Gasteiger partial charge on any atom is 0.0346 e. The summed E-state index contributed by atoms with van der Waals surface area (Å²) in [5.74, 6) is 0. The lowest BCUT2D eigenvalue weighted by molar-refractivity contribution is 1.26. The molecule has 0 saturated carbocycles. The molecule has 1 heterocycles. The van der Waals surface area contributed by atoms with Gasteiger partial charge in [0.2, 0.25) is 0 Å². The predicted molar refractivity (Wildman–Crippen MR) is 215 cm³/mol. The molecule has 1 aromatic heterocycles. The van der Waals surface area contributed by atoms with Crippen LogP contribution in [0.1, 0.15) is 49.4 Å². The maximum atomic E-state index is 6.03. The van der Waals surface area contributed by atoms with Gasteiger partial charge in [-0.2, -0.15) is 0 Å². The SMILES string of the molecule is C=C(/C=C\C(=C/C)C/C=C\C(=C/N)c1cccnc1)C(=C)/C=C\c1cc(C(/C=C(C)/C(/C=C\N)=C/C)=C/N)ccc1C.Nc1ccccc1. The van der Waals surface area contributed by atoms with Crippen LogP contribution in [0.3, 0.4) is 0 Å². The molecule has 8 N–H and O–H groups in total. The van der Waals surface area contributed by atoms with Crippen molar-refractivity contribution in [2.45, 2.75) is 34.1 Å². The highest BCUT2D eigenvalue weighted by molar-refractivity contribution is 5.78. The smallest absolute Gasteiger partial charge is 0.0346 e. The molecule has 0 unspecified atom stereocenters. The van der Waals surface area contributed by atoms with Crippen molar-refractivity contribution in [3.8, 4) is 0 Å². The van der Waals surface area contributed by atoms with E-state index in [4.69, 9.17) is 22.9 Å². The summed E-state index contributed by atoms with van der Waals surface area (Å²) in [5, 5.41) is 0. The van der Waals surface area contributed by atoms with Crippen LogP contribution in [0.4, 0.5) is 5.69 Å². The minimum absolute atomic E-state index is 0.759. The second kappa shape index (κ2) is 21.7. The molecule has 0 bridgehead atoms.